The van der Waals surface area contributed by atoms with E-state index in [2.05, 4.69) is 11.6 Å². The van der Waals surface area contributed by atoms with Crippen molar-refractivity contribution in [3.63, 3.8) is 0 Å². The van der Waals surface area contributed by atoms with Crippen LogP contribution in [0.3, 0.4) is 0 Å². The molecule has 0 aromatic heterocycles. The summed E-state index contributed by atoms with van der Waals surface area (Å²) >= 11 is 4.90. The average molecular weight is 176 g/mol. The zero-order valence-electron chi connectivity index (χ0n) is 6.79. The third-order valence-corrected chi connectivity index (χ3v) is 2.02. The minimum absolute atomic E-state index is 0.377. The molecule has 1 aliphatic heterocycles. The lowest BCUT2D eigenvalue weighted by Gasteiger charge is -2.11. The van der Waals surface area contributed by atoms with E-state index in [-0.39, 0.29) is 0 Å². The minimum atomic E-state index is 0.377. The van der Waals surface area contributed by atoms with E-state index in [1.54, 1.807) is 6.21 Å². The summed E-state index contributed by atoms with van der Waals surface area (Å²) in [4.78, 5) is 4.26. The molecule has 0 amide bonds. The molecule has 3 heteroatoms. The van der Waals surface area contributed by atoms with E-state index in [0.717, 1.165) is 17.6 Å². The van der Waals surface area contributed by atoms with Crippen LogP contribution in [0, 0.1) is 11.3 Å². The summed E-state index contributed by atoms with van der Waals surface area (Å²) < 4.78 is 0. The van der Waals surface area contributed by atoms with Crippen LogP contribution in [-0.4, -0.2) is 11.2 Å². The molecular weight excluding hydrogens is 168 g/mol. The van der Waals surface area contributed by atoms with Crippen molar-refractivity contribution < 1.29 is 0 Å². The Balaban J connectivity index is 3.23. The fourth-order valence-electron chi connectivity index (χ4n) is 1.09. The van der Waals surface area contributed by atoms with E-state index < -0.39 is 0 Å². The number of aliphatic imine (C=N–C) groups is 1. The van der Waals surface area contributed by atoms with Gasteiger partial charge >= 0.3 is 0 Å². The van der Waals surface area contributed by atoms with E-state index >= 15 is 0 Å². The molecule has 0 fully saturated rings. The number of nitriles is 1. The van der Waals surface area contributed by atoms with Crippen molar-refractivity contribution in [3.8, 4) is 6.07 Å². The van der Waals surface area contributed by atoms with Crippen LogP contribution in [0.2, 0.25) is 0 Å². The molecular formula is C9H8N2S. The first-order valence-electron chi connectivity index (χ1n) is 3.61. The zero-order chi connectivity index (χ0) is 9.14. The fourth-order valence-corrected chi connectivity index (χ4v) is 1.31. The smallest absolute Gasteiger partial charge is 0.144 e. The van der Waals surface area contributed by atoms with Crippen LogP contribution in [0.5, 0.6) is 0 Å². The van der Waals surface area contributed by atoms with E-state index in [1.165, 1.54) is 0 Å². The summed E-state index contributed by atoms with van der Waals surface area (Å²) in [6.07, 6.45) is 2.38. The van der Waals surface area contributed by atoms with Crippen molar-refractivity contribution in [1.82, 2.24) is 0 Å². The summed E-state index contributed by atoms with van der Waals surface area (Å²) in [6.45, 7) is 5.75. The minimum Gasteiger partial charge on any atom is -0.243 e. The number of nitrogens with zero attached hydrogens (tertiary/aromatic N) is 2. The van der Waals surface area contributed by atoms with Gasteiger partial charge in [0.25, 0.3) is 0 Å². The molecule has 0 saturated carbocycles. The number of dihydropyridines is 1. The Morgan fingerprint density at radius 2 is 2.42 bits per heavy atom. The second kappa shape index (κ2) is 3.42. The Hall–Kier alpha value is -1.27. The number of thiocarbonyl (C=S) groups is 1. The lowest BCUT2D eigenvalue weighted by molar-refractivity contribution is 1.12. The van der Waals surface area contributed by atoms with Crippen LogP contribution < -0.4 is 0 Å². The lowest BCUT2D eigenvalue weighted by Crippen LogP contribution is -2.07. The molecule has 0 N–H and O–H groups in total. The van der Waals surface area contributed by atoms with Gasteiger partial charge in [0, 0.05) is 6.21 Å². The Morgan fingerprint density at radius 3 is 2.83 bits per heavy atom. The van der Waals surface area contributed by atoms with Crippen LogP contribution in [0.1, 0.15) is 13.3 Å². The van der Waals surface area contributed by atoms with Crippen molar-refractivity contribution in [2.24, 2.45) is 4.99 Å². The van der Waals surface area contributed by atoms with Gasteiger partial charge in [0.05, 0.1) is 5.57 Å². The highest BCUT2D eigenvalue weighted by atomic mass is 32.1. The quantitative estimate of drug-likeness (QED) is 0.574. The highest BCUT2D eigenvalue weighted by Crippen LogP contribution is 2.21. The van der Waals surface area contributed by atoms with Crippen LogP contribution in [-0.2, 0) is 0 Å². The summed E-state index contributed by atoms with van der Waals surface area (Å²) in [6, 6.07) is 2.05. The molecule has 1 heterocycles. The third kappa shape index (κ3) is 1.34. The highest BCUT2D eigenvalue weighted by molar-refractivity contribution is 7.80. The maximum Gasteiger partial charge on any atom is 0.144 e. The second-order valence-electron chi connectivity index (χ2n) is 2.41. The lowest BCUT2D eigenvalue weighted by atomic mass is 9.98. The molecule has 0 aromatic carbocycles. The summed E-state index contributed by atoms with van der Waals surface area (Å²) in [5.74, 6) is 0. The zero-order valence-corrected chi connectivity index (χ0v) is 7.61. The molecule has 60 valence electrons. The Labute approximate surface area is 76.9 Å². The Kier molecular flexibility index (Phi) is 2.51. The van der Waals surface area contributed by atoms with Gasteiger partial charge in [-0.15, -0.1) is 0 Å². The average Bonchev–Trinajstić information content (AvgIpc) is 2.08. The second-order valence-corrected chi connectivity index (χ2v) is 2.79. The molecule has 0 aliphatic carbocycles. The van der Waals surface area contributed by atoms with Gasteiger partial charge in [-0.05, 0) is 17.6 Å². The van der Waals surface area contributed by atoms with Gasteiger partial charge in [0.2, 0.25) is 0 Å². The highest BCUT2D eigenvalue weighted by Gasteiger charge is 2.15. The first-order chi connectivity index (χ1) is 5.70. The molecule has 2 nitrogen and oxygen atoms in total. The Bertz CT molecular complexity index is 342. The molecule has 0 atom stereocenters. The van der Waals surface area contributed by atoms with Gasteiger partial charge in [0.15, 0.2) is 0 Å². The molecule has 0 aromatic rings. The summed E-state index contributed by atoms with van der Waals surface area (Å²) in [5, 5.41) is 8.77. The van der Waals surface area contributed by atoms with Crippen molar-refractivity contribution in [2.45, 2.75) is 13.3 Å². The van der Waals surface area contributed by atoms with Gasteiger partial charge in [-0.25, -0.2) is 4.99 Å². The van der Waals surface area contributed by atoms with Crippen molar-refractivity contribution in [3.05, 3.63) is 23.3 Å². The van der Waals surface area contributed by atoms with Gasteiger partial charge in [-0.2, -0.15) is 5.26 Å². The van der Waals surface area contributed by atoms with E-state index in [1.807, 2.05) is 13.0 Å². The van der Waals surface area contributed by atoms with Crippen LogP contribution in [0.4, 0.5) is 0 Å². The van der Waals surface area contributed by atoms with Crippen LogP contribution in [0.15, 0.2) is 28.3 Å². The molecule has 12 heavy (non-hydrogen) atoms. The first kappa shape index (κ1) is 8.82. The third-order valence-electron chi connectivity index (χ3n) is 1.71. The predicted molar refractivity (Wildman–Crippen MR) is 53.2 cm³/mol. The largest absolute Gasteiger partial charge is 0.243 e. The first-order valence-corrected chi connectivity index (χ1v) is 4.02. The summed E-state index contributed by atoms with van der Waals surface area (Å²) in [7, 11) is 0. The summed E-state index contributed by atoms with van der Waals surface area (Å²) in [5.41, 5.74) is 2.21. The SMILES string of the molecule is C=C1C=NC(=S)C(C#N)=C1CC. The van der Waals surface area contributed by atoms with Crippen LogP contribution in [0.25, 0.3) is 0 Å². The van der Waals surface area contributed by atoms with E-state index in [9.17, 15) is 0 Å². The maximum atomic E-state index is 8.77. The van der Waals surface area contributed by atoms with Crippen LogP contribution >= 0.6 is 12.2 Å². The van der Waals surface area contributed by atoms with Gasteiger partial charge < -0.3 is 0 Å². The van der Waals surface area contributed by atoms with E-state index in [4.69, 9.17) is 17.5 Å². The molecule has 0 bridgehead atoms. The van der Waals surface area contributed by atoms with Crippen molar-refractivity contribution in [2.75, 3.05) is 0 Å². The number of hydrogen-bond donors (Lipinski definition) is 0. The number of allylic oxidation sites excluding steroid dienone is 2. The monoisotopic (exact) mass is 176 g/mol. The maximum absolute atomic E-state index is 8.77. The normalized spacial score (nSPS) is 16.7. The van der Waals surface area contributed by atoms with Crippen molar-refractivity contribution >= 4 is 23.4 Å². The topological polar surface area (TPSA) is 36.1 Å². The molecule has 0 saturated heterocycles. The molecule has 0 spiro atoms. The Morgan fingerprint density at radius 1 is 1.75 bits per heavy atom. The molecule has 1 aliphatic rings. The number of rotatable bonds is 1. The standard InChI is InChI=1S/C9H8N2S/c1-3-7-6(2)5-11-9(12)8(7)4-10/h5H,2-3H2,1H3. The fraction of sp³-hybridized carbons (Fsp3) is 0.222. The predicted octanol–water partition coefficient (Wildman–Crippen LogP) is 2.18. The molecule has 1 rings (SSSR count). The van der Waals surface area contributed by atoms with Crippen molar-refractivity contribution in [1.29, 1.82) is 5.26 Å². The molecule has 0 unspecified atom stereocenters. The van der Waals surface area contributed by atoms with E-state index in [0.29, 0.717) is 10.6 Å². The van der Waals surface area contributed by atoms with Gasteiger partial charge in [-0.1, -0.05) is 25.7 Å². The van der Waals surface area contributed by atoms with Gasteiger partial charge in [-0.3, -0.25) is 0 Å². The number of hydrogen-bond acceptors (Lipinski definition) is 2. The molecule has 0 radical (unpaired) electrons. The van der Waals surface area contributed by atoms with Gasteiger partial charge in [0.1, 0.15) is 11.1 Å².